The summed E-state index contributed by atoms with van der Waals surface area (Å²) in [5.74, 6) is 0.481. The molecule has 2 nitrogen and oxygen atoms in total. The molecule has 2 heteroatoms. The molecule has 0 aromatic rings. The first kappa shape index (κ1) is 24.6. The van der Waals surface area contributed by atoms with Gasteiger partial charge < -0.3 is 5.11 Å². The zero-order chi connectivity index (χ0) is 18.6. The van der Waals surface area contributed by atoms with Crippen LogP contribution in [0.15, 0.2) is 0 Å². The van der Waals surface area contributed by atoms with Gasteiger partial charge in [0.2, 0.25) is 0 Å². The minimum atomic E-state index is -0.0984. The number of ketones is 1. The zero-order valence-corrected chi connectivity index (χ0v) is 17.4. The molecule has 0 amide bonds. The third-order valence-electron chi connectivity index (χ3n) is 5.27. The van der Waals surface area contributed by atoms with Gasteiger partial charge in [-0.05, 0) is 25.7 Å². The summed E-state index contributed by atoms with van der Waals surface area (Å²) >= 11 is 0. The van der Waals surface area contributed by atoms with Gasteiger partial charge in [0, 0.05) is 12.8 Å². The van der Waals surface area contributed by atoms with Crippen molar-refractivity contribution in [2.75, 3.05) is 0 Å². The predicted octanol–water partition coefficient (Wildman–Crippen LogP) is 7.37. The Labute approximate surface area is 158 Å². The highest BCUT2D eigenvalue weighted by Crippen LogP contribution is 2.13. The van der Waals surface area contributed by atoms with Crippen molar-refractivity contribution in [1.82, 2.24) is 0 Å². The van der Waals surface area contributed by atoms with Gasteiger partial charge in [-0.1, -0.05) is 97.3 Å². The maximum Gasteiger partial charge on any atom is 0.132 e. The third kappa shape index (κ3) is 19.8. The molecule has 150 valence electrons. The van der Waals surface area contributed by atoms with E-state index in [1.807, 2.05) is 6.92 Å². The number of Topliss-reactive ketones (excluding diaryl/α,β-unsaturated/α-hetero) is 1. The standard InChI is InChI=1S/C23H46O2/c1-3-5-6-7-8-9-10-14-17-20-23(25)21-18-15-12-11-13-16-19-22(24)4-2/h22,24H,3-21H2,1-2H3. The fraction of sp³-hybridized carbons (Fsp3) is 0.957. The van der Waals surface area contributed by atoms with E-state index in [0.29, 0.717) is 5.78 Å². The summed E-state index contributed by atoms with van der Waals surface area (Å²) in [6.07, 6.45) is 22.4. The summed E-state index contributed by atoms with van der Waals surface area (Å²) in [5, 5.41) is 9.48. The van der Waals surface area contributed by atoms with Crippen LogP contribution < -0.4 is 0 Å². The molecule has 0 aliphatic carbocycles. The Bertz CT molecular complexity index is 275. The van der Waals surface area contributed by atoms with Crippen molar-refractivity contribution in [1.29, 1.82) is 0 Å². The summed E-state index contributed by atoms with van der Waals surface area (Å²) in [5.41, 5.74) is 0. The number of hydrogen-bond acceptors (Lipinski definition) is 2. The van der Waals surface area contributed by atoms with Crippen LogP contribution in [0.1, 0.15) is 136 Å². The molecule has 25 heavy (non-hydrogen) atoms. The van der Waals surface area contributed by atoms with Crippen LogP contribution in [0.3, 0.4) is 0 Å². The zero-order valence-electron chi connectivity index (χ0n) is 17.4. The van der Waals surface area contributed by atoms with Gasteiger partial charge in [-0.2, -0.15) is 0 Å². The lowest BCUT2D eigenvalue weighted by Gasteiger charge is -2.06. The van der Waals surface area contributed by atoms with Gasteiger partial charge in [-0.3, -0.25) is 4.79 Å². The largest absolute Gasteiger partial charge is 0.393 e. The summed E-state index contributed by atoms with van der Waals surface area (Å²) in [4.78, 5) is 11.9. The lowest BCUT2D eigenvalue weighted by atomic mass is 10.0. The fourth-order valence-corrected chi connectivity index (χ4v) is 3.37. The molecular weight excluding hydrogens is 308 g/mol. The van der Waals surface area contributed by atoms with Crippen molar-refractivity contribution < 1.29 is 9.90 Å². The second-order valence-corrected chi connectivity index (χ2v) is 7.84. The molecule has 0 rings (SSSR count). The molecule has 0 aromatic heterocycles. The van der Waals surface area contributed by atoms with E-state index < -0.39 is 0 Å². The lowest BCUT2D eigenvalue weighted by Crippen LogP contribution is -2.03. The SMILES string of the molecule is CCCCCCCCCCCC(=O)CCCCCCCCC(O)CC. The first-order valence-corrected chi connectivity index (χ1v) is 11.4. The quantitative estimate of drug-likeness (QED) is 0.232. The molecular formula is C23H46O2. The second-order valence-electron chi connectivity index (χ2n) is 7.84. The molecule has 1 N–H and O–H groups in total. The van der Waals surface area contributed by atoms with E-state index in [1.165, 1.54) is 77.0 Å². The van der Waals surface area contributed by atoms with E-state index in [2.05, 4.69) is 6.92 Å². The van der Waals surface area contributed by atoms with Gasteiger partial charge in [0.15, 0.2) is 0 Å². The summed E-state index contributed by atoms with van der Waals surface area (Å²) < 4.78 is 0. The van der Waals surface area contributed by atoms with Crippen LogP contribution in [0.25, 0.3) is 0 Å². The average Bonchev–Trinajstić information content (AvgIpc) is 2.62. The molecule has 0 fully saturated rings. The van der Waals surface area contributed by atoms with E-state index in [-0.39, 0.29) is 6.10 Å². The van der Waals surface area contributed by atoms with Gasteiger partial charge in [-0.15, -0.1) is 0 Å². The maximum atomic E-state index is 11.9. The fourth-order valence-electron chi connectivity index (χ4n) is 3.37. The molecule has 0 spiro atoms. The van der Waals surface area contributed by atoms with Crippen molar-refractivity contribution in [2.24, 2.45) is 0 Å². The number of hydrogen-bond donors (Lipinski definition) is 1. The smallest absolute Gasteiger partial charge is 0.132 e. The van der Waals surface area contributed by atoms with Gasteiger partial charge in [0.05, 0.1) is 6.10 Å². The van der Waals surface area contributed by atoms with Crippen LogP contribution in [0.4, 0.5) is 0 Å². The van der Waals surface area contributed by atoms with Crippen molar-refractivity contribution in [2.45, 2.75) is 142 Å². The minimum absolute atomic E-state index is 0.0984. The first-order chi connectivity index (χ1) is 12.2. The molecule has 0 heterocycles. The Kier molecular flexibility index (Phi) is 19.7. The highest BCUT2D eigenvalue weighted by Gasteiger charge is 2.03. The van der Waals surface area contributed by atoms with Crippen LogP contribution in [-0.4, -0.2) is 17.0 Å². The van der Waals surface area contributed by atoms with E-state index >= 15 is 0 Å². The molecule has 0 saturated heterocycles. The number of aliphatic hydroxyl groups excluding tert-OH is 1. The van der Waals surface area contributed by atoms with Crippen LogP contribution in [0.5, 0.6) is 0 Å². The highest BCUT2D eigenvalue weighted by molar-refractivity contribution is 5.78. The Morgan fingerprint density at radius 2 is 1.04 bits per heavy atom. The number of aliphatic hydroxyl groups is 1. The summed E-state index contributed by atoms with van der Waals surface area (Å²) in [6.45, 7) is 4.30. The average molecular weight is 355 g/mol. The lowest BCUT2D eigenvalue weighted by molar-refractivity contribution is -0.119. The van der Waals surface area contributed by atoms with Gasteiger partial charge in [0.25, 0.3) is 0 Å². The Balaban J connectivity index is 3.18. The summed E-state index contributed by atoms with van der Waals surface area (Å²) in [6, 6.07) is 0. The molecule has 0 bridgehead atoms. The number of carbonyl (C=O) groups excluding carboxylic acids is 1. The van der Waals surface area contributed by atoms with E-state index in [4.69, 9.17) is 0 Å². The van der Waals surface area contributed by atoms with Crippen LogP contribution >= 0.6 is 0 Å². The Morgan fingerprint density at radius 3 is 1.48 bits per heavy atom. The van der Waals surface area contributed by atoms with Crippen molar-refractivity contribution in [3.05, 3.63) is 0 Å². The van der Waals surface area contributed by atoms with Crippen LogP contribution in [0, 0.1) is 0 Å². The number of unbranched alkanes of at least 4 members (excludes halogenated alkanes) is 13. The second kappa shape index (κ2) is 19.9. The van der Waals surface area contributed by atoms with E-state index in [9.17, 15) is 9.90 Å². The topological polar surface area (TPSA) is 37.3 Å². The minimum Gasteiger partial charge on any atom is -0.393 e. The Morgan fingerprint density at radius 1 is 0.640 bits per heavy atom. The van der Waals surface area contributed by atoms with Gasteiger partial charge in [0.1, 0.15) is 5.78 Å². The molecule has 0 aliphatic heterocycles. The highest BCUT2D eigenvalue weighted by atomic mass is 16.3. The van der Waals surface area contributed by atoms with E-state index in [0.717, 1.165) is 44.9 Å². The van der Waals surface area contributed by atoms with Crippen molar-refractivity contribution >= 4 is 5.78 Å². The van der Waals surface area contributed by atoms with Crippen molar-refractivity contribution in [3.63, 3.8) is 0 Å². The molecule has 0 aromatic carbocycles. The van der Waals surface area contributed by atoms with E-state index in [1.54, 1.807) is 0 Å². The molecule has 0 radical (unpaired) electrons. The third-order valence-corrected chi connectivity index (χ3v) is 5.27. The molecule has 1 unspecified atom stereocenters. The Hall–Kier alpha value is -0.370. The number of rotatable bonds is 20. The predicted molar refractivity (Wildman–Crippen MR) is 110 cm³/mol. The van der Waals surface area contributed by atoms with Crippen LogP contribution in [0.2, 0.25) is 0 Å². The van der Waals surface area contributed by atoms with Gasteiger partial charge >= 0.3 is 0 Å². The normalized spacial score (nSPS) is 12.4. The maximum absolute atomic E-state index is 11.9. The van der Waals surface area contributed by atoms with Crippen LogP contribution in [-0.2, 0) is 4.79 Å². The molecule has 1 atom stereocenters. The molecule has 0 saturated carbocycles. The summed E-state index contributed by atoms with van der Waals surface area (Å²) in [7, 11) is 0. The first-order valence-electron chi connectivity index (χ1n) is 11.4. The monoisotopic (exact) mass is 354 g/mol. The van der Waals surface area contributed by atoms with Gasteiger partial charge in [-0.25, -0.2) is 0 Å². The number of carbonyl (C=O) groups is 1. The van der Waals surface area contributed by atoms with Crippen molar-refractivity contribution in [3.8, 4) is 0 Å². The molecule has 0 aliphatic rings.